The van der Waals surface area contributed by atoms with E-state index in [4.69, 9.17) is 0 Å². The molecule has 136 valence electrons. The lowest BCUT2D eigenvalue weighted by Crippen LogP contribution is -2.44. The minimum Gasteiger partial charge on any atom is -0.342 e. The molecule has 3 aliphatic rings. The first-order chi connectivity index (χ1) is 11.7. The molecular weight excluding hydrogens is 298 g/mol. The van der Waals surface area contributed by atoms with Gasteiger partial charge >= 0.3 is 0 Å². The van der Waals surface area contributed by atoms with Crippen LogP contribution in [0, 0.1) is 17.8 Å². The molecule has 0 bridgehead atoms. The number of carbonyl (C=O) groups is 2. The van der Waals surface area contributed by atoms with Crippen molar-refractivity contribution in [3.05, 3.63) is 0 Å². The number of fused-ring (bicyclic) bond motifs is 1. The van der Waals surface area contributed by atoms with Gasteiger partial charge in [0.15, 0.2) is 0 Å². The molecule has 1 aliphatic heterocycles. The second kappa shape index (κ2) is 9.01. The van der Waals surface area contributed by atoms with Gasteiger partial charge in [0.1, 0.15) is 5.78 Å². The molecule has 3 fully saturated rings. The Morgan fingerprint density at radius 3 is 2.29 bits per heavy atom. The number of Topliss-reactive ketones (excluding diaryl/α,β-unsaturated/α-hetero) is 1. The third-order valence-corrected chi connectivity index (χ3v) is 6.80. The zero-order valence-corrected chi connectivity index (χ0v) is 15.3. The highest BCUT2D eigenvalue weighted by Crippen LogP contribution is 2.36. The van der Waals surface area contributed by atoms with Gasteiger partial charge in [0.2, 0.25) is 5.91 Å². The van der Waals surface area contributed by atoms with Crippen molar-refractivity contribution in [3.63, 3.8) is 0 Å². The van der Waals surface area contributed by atoms with E-state index in [-0.39, 0.29) is 0 Å². The number of piperidine rings is 1. The van der Waals surface area contributed by atoms with Crippen LogP contribution in [0.25, 0.3) is 0 Å². The molecule has 3 nitrogen and oxygen atoms in total. The van der Waals surface area contributed by atoms with Crippen LogP contribution in [0.5, 0.6) is 0 Å². The Morgan fingerprint density at radius 1 is 0.792 bits per heavy atom. The van der Waals surface area contributed by atoms with E-state index in [9.17, 15) is 9.59 Å². The summed E-state index contributed by atoms with van der Waals surface area (Å²) >= 11 is 0. The van der Waals surface area contributed by atoms with Crippen LogP contribution in [0.4, 0.5) is 0 Å². The van der Waals surface area contributed by atoms with E-state index < -0.39 is 0 Å². The van der Waals surface area contributed by atoms with E-state index >= 15 is 0 Å². The smallest absolute Gasteiger partial charge is 0.222 e. The molecule has 2 saturated carbocycles. The third kappa shape index (κ3) is 5.07. The summed E-state index contributed by atoms with van der Waals surface area (Å²) in [6, 6.07) is 0. The third-order valence-electron chi connectivity index (χ3n) is 6.80. The molecule has 2 aliphatic carbocycles. The first kappa shape index (κ1) is 17.9. The van der Waals surface area contributed by atoms with Crippen molar-refractivity contribution in [1.82, 2.24) is 4.90 Å². The topological polar surface area (TPSA) is 37.4 Å². The molecule has 3 rings (SSSR count). The summed E-state index contributed by atoms with van der Waals surface area (Å²) in [6.07, 6.45) is 15.7. The summed E-state index contributed by atoms with van der Waals surface area (Å²) in [5.41, 5.74) is 0. The molecule has 1 saturated heterocycles. The zero-order chi connectivity index (χ0) is 16.8. The molecule has 0 radical (unpaired) electrons. The fourth-order valence-corrected chi connectivity index (χ4v) is 5.21. The fraction of sp³-hybridized carbons (Fsp3) is 0.905. The summed E-state index contributed by atoms with van der Waals surface area (Å²) in [7, 11) is 0. The number of hydrogen-bond donors (Lipinski definition) is 0. The number of hydrogen-bond acceptors (Lipinski definition) is 2. The van der Waals surface area contributed by atoms with Crippen LogP contribution in [0.2, 0.25) is 0 Å². The Kier molecular flexibility index (Phi) is 6.74. The van der Waals surface area contributed by atoms with Crippen molar-refractivity contribution in [2.45, 2.75) is 89.9 Å². The molecule has 2 atom stereocenters. The molecule has 0 aromatic rings. The Bertz CT molecular complexity index is 428. The maximum absolute atomic E-state index is 12.4. The monoisotopic (exact) mass is 333 g/mol. The second-order valence-electron chi connectivity index (χ2n) is 8.51. The van der Waals surface area contributed by atoms with Crippen LogP contribution < -0.4 is 0 Å². The van der Waals surface area contributed by atoms with Gasteiger partial charge in [0, 0.05) is 32.4 Å². The van der Waals surface area contributed by atoms with Crippen molar-refractivity contribution in [3.8, 4) is 0 Å². The molecule has 2 unspecified atom stereocenters. The molecular formula is C21H35NO2. The highest BCUT2D eigenvalue weighted by atomic mass is 16.2. The van der Waals surface area contributed by atoms with Crippen molar-refractivity contribution in [2.24, 2.45) is 17.8 Å². The molecule has 0 aromatic heterocycles. The molecule has 1 amide bonds. The average Bonchev–Trinajstić information content (AvgIpc) is 3.13. The van der Waals surface area contributed by atoms with Gasteiger partial charge in [-0.2, -0.15) is 0 Å². The summed E-state index contributed by atoms with van der Waals surface area (Å²) in [6.45, 7) is 1.94. The minimum absolute atomic E-state index is 0.294. The minimum atomic E-state index is 0.294. The Hall–Kier alpha value is -0.860. The van der Waals surface area contributed by atoms with E-state index in [1.165, 1.54) is 57.8 Å². The molecule has 0 aromatic carbocycles. The maximum Gasteiger partial charge on any atom is 0.222 e. The number of amides is 1. The van der Waals surface area contributed by atoms with Gasteiger partial charge in [-0.25, -0.2) is 0 Å². The SMILES string of the molecule is O=C(CCCC(=O)N1CCC2CCCCC2C1)CCC1CCCC1. The Labute approximate surface area is 147 Å². The molecule has 3 heteroatoms. The number of carbonyl (C=O) groups excluding carboxylic acids is 2. The Balaban J connectivity index is 1.29. The first-order valence-electron chi connectivity index (χ1n) is 10.5. The second-order valence-corrected chi connectivity index (χ2v) is 8.51. The zero-order valence-electron chi connectivity index (χ0n) is 15.3. The van der Waals surface area contributed by atoms with E-state index in [0.717, 1.165) is 50.1 Å². The molecule has 1 heterocycles. The number of likely N-dealkylation sites (tertiary alicyclic amines) is 1. The normalized spacial score (nSPS) is 27.9. The van der Waals surface area contributed by atoms with E-state index in [0.29, 0.717) is 24.5 Å². The average molecular weight is 334 g/mol. The molecule has 0 N–H and O–H groups in total. The van der Waals surface area contributed by atoms with Crippen LogP contribution in [-0.4, -0.2) is 29.7 Å². The van der Waals surface area contributed by atoms with Crippen molar-refractivity contribution in [2.75, 3.05) is 13.1 Å². The van der Waals surface area contributed by atoms with Crippen molar-refractivity contribution >= 4 is 11.7 Å². The van der Waals surface area contributed by atoms with Crippen LogP contribution >= 0.6 is 0 Å². The van der Waals surface area contributed by atoms with Crippen LogP contribution in [0.3, 0.4) is 0 Å². The summed E-state index contributed by atoms with van der Waals surface area (Å²) < 4.78 is 0. The highest BCUT2D eigenvalue weighted by molar-refractivity contribution is 5.80. The van der Waals surface area contributed by atoms with Gasteiger partial charge in [-0.3, -0.25) is 9.59 Å². The predicted octanol–water partition coefficient (Wildman–Crippen LogP) is 4.73. The van der Waals surface area contributed by atoms with Crippen molar-refractivity contribution < 1.29 is 9.59 Å². The maximum atomic E-state index is 12.4. The van der Waals surface area contributed by atoms with Crippen molar-refractivity contribution in [1.29, 1.82) is 0 Å². The number of rotatable bonds is 7. The molecule has 24 heavy (non-hydrogen) atoms. The quantitative estimate of drug-likeness (QED) is 0.675. The highest BCUT2D eigenvalue weighted by Gasteiger charge is 2.32. The number of nitrogens with zero attached hydrogens (tertiary/aromatic N) is 1. The first-order valence-corrected chi connectivity index (χ1v) is 10.5. The standard InChI is InChI=1S/C21H35NO2/c23-20(13-12-17-6-1-2-7-17)10-5-11-21(24)22-15-14-18-8-3-4-9-19(18)16-22/h17-19H,1-16H2. The fourth-order valence-electron chi connectivity index (χ4n) is 5.21. The van der Waals surface area contributed by atoms with Gasteiger partial charge < -0.3 is 4.90 Å². The summed E-state index contributed by atoms with van der Waals surface area (Å²) in [5, 5.41) is 0. The molecule has 0 spiro atoms. The van der Waals surface area contributed by atoms with E-state index in [2.05, 4.69) is 4.90 Å². The van der Waals surface area contributed by atoms with Gasteiger partial charge in [0.05, 0.1) is 0 Å². The van der Waals surface area contributed by atoms with Gasteiger partial charge in [0.25, 0.3) is 0 Å². The number of ketones is 1. The van der Waals surface area contributed by atoms with E-state index in [1.54, 1.807) is 0 Å². The van der Waals surface area contributed by atoms with Crippen LogP contribution in [-0.2, 0) is 9.59 Å². The lowest BCUT2D eigenvalue weighted by atomic mass is 9.75. The lowest BCUT2D eigenvalue weighted by Gasteiger charge is -2.41. The van der Waals surface area contributed by atoms with Crippen LogP contribution in [0.15, 0.2) is 0 Å². The van der Waals surface area contributed by atoms with Gasteiger partial charge in [-0.1, -0.05) is 44.9 Å². The predicted molar refractivity (Wildman–Crippen MR) is 96.7 cm³/mol. The summed E-state index contributed by atoms with van der Waals surface area (Å²) in [5.74, 6) is 3.10. The van der Waals surface area contributed by atoms with Gasteiger partial charge in [-0.05, 0) is 43.4 Å². The summed E-state index contributed by atoms with van der Waals surface area (Å²) in [4.78, 5) is 26.5. The van der Waals surface area contributed by atoms with Gasteiger partial charge in [-0.15, -0.1) is 0 Å². The largest absolute Gasteiger partial charge is 0.342 e. The van der Waals surface area contributed by atoms with E-state index in [1.807, 2.05) is 0 Å². The Morgan fingerprint density at radius 2 is 1.50 bits per heavy atom. The lowest BCUT2D eigenvalue weighted by molar-refractivity contribution is -0.134. The van der Waals surface area contributed by atoms with Crippen LogP contribution in [0.1, 0.15) is 89.9 Å².